The van der Waals surface area contributed by atoms with Crippen molar-refractivity contribution in [2.75, 3.05) is 18.5 Å². The summed E-state index contributed by atoms with van der Waals surface area (Å²) in [5.41, 5.74) is 1.39. The Balaban J connectivity index is 1.40. The normalized spacial score (nSPS) is 15.2. The zero-order chi connectivity index (χ0) is 23.5. The van der Waals surface area contributed by atoms with E-state index in [1.165, 1.54) is 18.5 Å². The topological polar surface area (TPSA) is 115 Å². The van der Waals surface area contributed by atoms with Crippen molar-refractivity contribution >= 4 is 34.4 Å². The first-order valence-electron chi connectivity index (χ1n) is 10.7. The lowest BCUT2D eigenvalue weighted by molar-refractivity contribution is 0.0903. The summed E-state index contributed by atoms with van der Waals surface area (Å²) >= 11 is 5.80. The van der Waals surface area contributed by atoms with Gasteiger partial charge in [0, 0.05) is 36.4 Å². The Morgan fingerprint density at radius 1 is 1.15 bits per heavy atom. The van der Waals surface area contributed by atoms with Crippen LogP contribution in [0.15, 0.2) is 53.4 Å². The Bertz CT molecular complexity index is 1310. The molecular weight excluding hydrogens is 463 g/mol. The molecule has 9 nitrogen and oxygen atoms in total. The maximum atomic E-state index is 14.1. The van der Waals surface area contributed by atoms with Gasteiger partial charge in [-0.15, -0.1) is 0 Å². The highest BCUT2D eigenvalue weighted by atomic mass is 35.5. The summed E-state index contributed by atoms with van der Waals surface area (Å²) < 4.78 is 24.6. The van der Waals surface area contributed by atoms with Crippen molar-refractivity contribution < 1.29 is 18.4 Å². The van der Waals surface area contributed by atoms with Crippen LogP contribution in [0.5, 0.6) is 0 Å². The van der Waals surface area contributed by atoms with Crippen LogP contribution in [0.4, 0.5) is 10.3 Å². The van der Waals surface area contributed by atoms with Crippen molar-refractivity contribution in [3.63, 3.8) is 0 Å². The van der Waals surface area contributed by atoms with Crippen molar-refractivity contribution in [1.29, 1.82) is 0 Å². The van der Waals surface area contributed by atoms with Crippen molar-refractivity contribution in [2.24, 2.45) is 0 Å². The van der Waals surface area contributed by atoms with E-state index >= 15 is 0 Å². The van der Waals surface area contributed by atoms with Gasteiger partial charge < -0.3 is 19.9 Å². The molecule has 3 heterocycles. The van der Waals surface area contributed by atoms with Crippen LogP contribution < -0.4 is 10.6 Å². The Kier molecular flexibility index (Phi) is 6.33. The molecule has 1 atom stereocenters. The summed E-state index contributed by atoms with van der Waals surface area (Å²) in [6.45, 7) is 1.41. The van der Waals surface area contributed by atoms with Crippen LogP contribution in [0.2, 0.25) is 5.02 Å². The van der Waals surface area contributed by atoms with Crippen LogP contribution in [-0.2, 0) is 4.74 Å². The number of ether oxygens (including phenoxy) is 1. The van der Waals surface area contributed by atoms with Gasteiger partial charge in [0.2, 0.25) is 5.95 Å². The van der Waals surface area contributed by atoms with E-state index < -0.39 is 17.8 Å². The average molecular weight is 483 g/mol. The summed E-state index contributed by atoms with van der Waals surface area (Å²) in [5.74, 6) is -0.429. The van der Waals surface area contributed by atoms with E-state index in [0.29, 0.717) is 35.8 Å². The van der Waals surface area contributed by atoms with Gasteiger partial charge in [0.05, 0.1) is 10.5 Å². The lowest BCUT2D eigenvalue weighted by Gasteiger charge is -2.23. The molecule has 1 fully saturated rings. The number of nitrogens with one attached hydrogen (secondary N) is 2. The molecule has 0 bridgehead atoms. The standard InChI is InChI=1S/C23H20ClFN6O3/c24-17-4-3-13(9-18(17)25)20(22-27-12-28-34-22)31-21(32)14-1-2-15-11-26-23(30-19(15)10-14)29-16-5-7-33-8-6-16/h1-4,9-12,16,20H,5-8H2,(H,31,32)(H,26,29,30). The number of carbonyl (C=O) groups excluding carboxylic acids is 1. The maximum absolute atomic E-state index is 14.1. The lowest BCUT2D eigenvalue weighted by atomic mass is 10.1. The Morgan fingerprint density at radius 2 is 2.00 bits per heavy atom. The van der Waals surface area contributed by atoms with Crippen molar-refractivity contribution in [2.45, 2.75) is 24.9 Å². The molecule has 2 aromatic heterocycles. The molecule has 2 N–H and O–H groups in total. The van der Waals surface area contributed by atoms with Crippen molar-refractivity contribution in [3.05, 3.63) is 76.8 Å². The van der Waals surface area contributed by atoms with E-state index in [4.69, 9.17) is 20.9 Å². The molecule has 34 heavy (non-hydrogen) atoms. The van der Waals surface area contributed by atoms with Crippen LogP contribution in [0.3, 0.4) is 0 Å². The number of hydrogen-bond donors (Lipinski definition) is 2. The van der Waals surface area contributed by atoms with Gasteiger partial charge >= 0.3 is 0 Å². The van der Waals surface area contributed by atoms with E-state index in [0.717, 1.165) is 18.2 Å². The highest BCUT2D eigenvalue weighted by Gasteiger charge is 2.24. The van der Waals surface area contributed by atoms with Gasteiger partial charge in [0.1, 0.15) is 11.9 Å². The number of anilines is 1. The highest BCUT2D eigenvalue weighted by Crippen LogP contribution is 2.25. The van der Waals surface area contributed by atoms with Crippen molar-refractivity contribution in [3.8, 4) is 0 Å². The molecule has 4 aromatic rings. The molecule has 174 valence electrons. The van der Waals surface area contributed by atoms with Gasteiger partial charge in [-0.1, -0.05) is 28.9 Å². The summed E-state index contributed by atoms with van der Waals surface area (Å²) in [7, 11) is 0. The Labute approximate surface area is 198 Å². The fraction of sp³-hybridized carbons (Fsp3) is 0.261. The van der Waals surface area contributed by atoms with Crippen molar-refractivity contribution in [1.82, 2.24) is 25.4 Å². The molecule has 1 aliphatic heterocycles. The van der Waals surface area contributed by atoms with E-state index in [-0.39, 0.29) is 17.0 Å². The Hall–Kier alpha value is -3.63. The van der Waals surface area contributed by atoms with Crippen LogP contribution in [0.1, 0.15) is 40.7 Å². The second kappa shape index (κ2) is 9.70. The molecule has 1 amide bonds. The zero-order valence-electron chi connectivity index (χ0n) is 17.9. The number of fused-ring (bicyclic) bond motifs is 1. The Morgan fingerprint density at radius 3 is 2.76 bits per heavy atom. The van der Waals surface area contributed by atoms with E-state index in [2.05, 4.69) is 30.7 Å². The van der Waals surface area contributed by atoms with Gasteiger partial charge in [0.15, 0.2) is 6.33 Å². The summed E-state index contributed by atoms with van der Waals surface area (Å²) in [6, 6.07) is 8.70. The molecule has 5 rings (SSSR count). The fourth-order valence-corrected chi connectivity index (χ4v) is 3.88. The number of hydrogen-bond acceptors (Lipinski definition) is 8. The largest absolute Gasteiger partial charge is 0.381 e. The predicted octanol–water partition coefficient (Wildman–Crippen LogP) is 3.92. The molecule has 1 aliphatic rings. The minimum Gasteiger partial charge on any atom is -0.381 e. The minimum atomic E-state index is -0.867. The van der Waals surface area contributed by atoms with Gasteiger partial charge in [-0.05, 0) is 42.7 Å². The predicted molar refractivity (Wildman–Crippen MR) is 122 cm³/mol. The third-order valence-electron chi connectivity index (χ3n) is 5.58. The number of aromatic nitrogens is 4. The number of rotatable bonds is 6. The van der Waals surface area contributed by atoms with Crippen LogP contribution in [0, 0.1) is 5.82 Å². The van der Waals surface area contributed by atoms with E-state index in [9.17, 15) is 9.18 Å². The molecule has 0 spiro atoms. The van der Waals surface area contributed by atoms with Gasteiger partial charge in [-0.2, -0.15) is 4.98 Å². The van der Waals surface area contributed by atoms with E-state index in [1.54, 1.807) is 30.5 Å². The second-order valence-corrected chi connectivity index (χ2v) is 8.26. The monoisotopic (exact) mass is 482 g/mol. The summed E-state index contributed by atoms with van der Waals surface area (Å²) in [4.78, 5) is 26.1. The van der Waals surface area contributed by atoms with Crippen LogP contribution in [0.25, 0.3) is 10.9 Å². The molecule has 1 unspecified atom stereocenters. The number of benzene rings is 2. The van der Waals surface area contributed by atoms with Gasteiger partial charge in [-0.3, -0.25) is 4.79 Å². The molecule has 2 aromatic carbocycles. The number of carbonyl (C=O) groups is 1. The molecular formula is C23H20ClFN6O3. The first-order valence-corrected chi connectivity index (χ1v) is 11.1. The third-order valence-corrected chi connectivity index (χ3v) is 5.88. The average Bonchev–Trinajstić information content (AvgIpc) is 3.39. The maximum Gasteiger partial charge on any atom is 0.253 e. The van der Waals surface area contributed by atoms with Gasteiger partial charge in [-0.25, -0.2) is 14.4 Å². The first kappa shape index (κ1) is 22.2. The van der Waals surface area contributed by atoms with Crippen LogP contribution >= 0.6 is 11.6 Å². The smallest absolute Gasteiger partial charge is 0.253 e. The molecule has 0 saturated carbocycles. The second-order valence-electron chi connectivity index (χ2n) is 7.86. The minimum absolute atomic E-state index is 0.0289. The number of halogens is 2. The summed E-state index contributed by atoms with van der Waals surface area (Å²) in [6.07, 6.45) is 4.68. The quantitative estimate of drug-likeness (QED) is 0.425. The molecule has 1 saturated heterocycles. The molecule has 0 aliphatic carbocycles. The zero-order valence-corrected chi connectivity index (χ0v) is 18.6. The highest BCUT2D eigenvalue weighted by molar-refractivity contribution is 6.30. The third kappa shape index (κ3) is 4.82. The van der Waals surface area contributed by atoms with Gasteiger partial charge in [0.25, 0.3) is 11.8 Å². The van der Waals surface area contributed by atoms with Crippen LogP contribution in [-0.4, -0.2) is 45.3 Å². The fourth-order valence-electron chi connectivity index (χ4n) is 3.76. The number of nitrogens with zero attached hydrogens (tertiary/aromatic N) is 4. The molecule has 11 heteroatoms. The summed E-state index contributed by atoms with van der Waals surface area (Å²) in [5, 5.41) is 10.5. The molecule has 0 radical (unpaired) electrons. The number of amides is 1. The SMILES string of the molecule is O=C(NC(c1ccc(Cl)c(F)c1)c1ncno1)c1ccc2cnc(NC3CCOCC3)nc2c1. The first-order chi connectivity index (χ1) is 16.6. The lowest BCUT2D eigenvalue weighted by Crippen LogP contribution is -2.29. The van der Waals surface area contributed by atoms with E-state index in [1.807, 2.05) is 0 Å².